The van der Waals surface area contributed by atoms with Crippen LogP contribution in [0, 0.1) is 17.8 Å². The number of carbonyl (C=O) groups is 1. The molecule has 0 aromatic heterocycles. The lowest BCUT2D eigenvalue weighted by Crippen LogP contribution is -2.41. The summed E-state index contributed by atoms with van der Waals surface area (Å²) in [7, 11) is 0. The first-order valence-corrected chi connectivity index (χ1v) is 5.72. The van der Waals surface area contributed by atoms with Gasteiger partial charge in [0.05, 0.1) is 0 Å². The van der Waals surface area contributed by atoms with Gasteiger partial charge in [-0.1, -0.05) is 27.7 Å². The molecule has 2 atom stereocenters. The zero-order chi connectivity index (χ0) is 10.9. The highest BCUT2D eigenvalue weighted by atomic mass is 16.2. The number of rotatable bonds is 2. The van der Waals surface area contributed by atoms with Gasteiger partial charge in [-0.05, 0) is 24.2 Å². The number of nitrogens with zero attached hydrogens (tertiary/aromatic N) is 1. The minimum absolute atomic E-state index is 0.242. The van der Waals surface area contributed by atoms with Crippen LogP contribution in [0.15, 0.2) is 0 Å². The summed E-state index contributed by atoms with van der Waals surface area (Å²) < 4.78 is 0. The van der Waals surface area contributed by atoms with Crippen molar-refractivity contribution in [2.45, 2.75) is 47.1 Å². The number of carbonyl (C=O) groups excluding carboxylic acids is 1. The summed E-state index contributed by atoms with van der Waals surface area (Å²) in [5, 5.41) is 0. The van der Waals surface area contributed by atoms with E-state index < -0.39 is 0 Å². The Hall–Kier alpha value is -0.530. The fraction of sp³-hybridized carbons (Fsp3) is 0.917. The van der Waals surface area contributed by atoms with Crippen LogP contribution in [0.25, 0.3) is 0 Å². The molecule has 0 saturated carbocycles. The lowest BCUT2D eigenvalue weighted by molar-refractivity contribution is -0.131. The number of likely N-dealkylation sites (tertiary alicyclic amines) is 1. The lowest BCUT2D eigenvalue weighted by atomic mass is 9.83. The summed E-state index contributed by atoms with van der Waals surface area (Å²) in [6.07, 6.45) is 1.18. The topological polar surface area (TPSA) is 20.3 Å². The first kappa shape index (κ1) is 11.5. The van der Waals surface area contributed by atoms with E-state index in [9.17, 15) is 4.79 Å². The molecular weight excluding hydrogens is 174 g/mol. The van der Waals surface area contributed by atoms with Gasteiger partial charge in [-0.25, -0.2) is 0 Å². The minimum atomic E-state index is 0.242. The van der Waals surface area contributed by atoms with E-state index in [1.54, 1.807) is 6.92 Å². The van der Waals surface area contributed by atoms with Crippen LogP contribution in [0.3, 0.4) is 0 Å². The fourth-order valence-electron chi connectivity index (χ4n) is 2.79. The Labute approximate surface area is 87.7 Å². The molecule has 2 unspecified atom stereocenters. The lowest BCUT2D eigenvalue weighted by Gasteiger charge is -2.32. The molecule has 1 heterocycles. The summed E-state index contributed by atoms with van der Waals surface area (Å²) >= 11 is 0. The molecule has 82 valence electrons. The fourth-order valence-corrected chi connectivity index (χ4v) is 2.79. The summed E-state index contributed by atoms with van der Waals surface area (Å²) in [4.78, 5) is 13.5. The highest BCUT2D eigenvalue weighted by Crippen LogP contribution is 2.34. The molecule has 0 aromatic rings. The molecule has 1 saturated heterocycles. The molecule has 14 heavy (non-hydrogen) atoms. The van der Waals surface area contributed by atoms with Crippen LogP contribution >= 0.6 is 0 Å². The Morgan fingerprint density at radius 2 is 1.79 bits per heavy atom. The van der Waals surface area contributed by atoms with Gasteiger partial charge in [0.25, 0.3) is 0 Å². The normalized spacial score (nSPS) is 27.8. The van der Waals surface area contributed by atoms with E-state index in [1.165, 1.54) is 6.42 Å². The molecular formula is C12H23NO. The molecule has 1 amide bonds. The van der Waals surface area contributed by atoms with E-state index in [2.05, 4.69) is 32.6 Å². The summed E-state index contributed by atoms with van der Waals surface area (Å²) in [6.45, 7) is 11.6. The van der Waals surface area contributed by atoms with Gasteiger partial charge in [0, 0.05) is 19.5 Å². The molecule has 0 aliphatic carbocycles. The summed E-state index contributed by atoms with van der Waals surface area (Å²) in [5.74, 6) is 2.20. The van der Waals surface area contributed by atoms with Gasteiger partial charge >= 0.3 is 0 Å². The van der Waals surface area contributed by atoms with Crippen molar-refractivity contribution >= 4 is 5.91 Å². The predicted octanol–water partition coefficient (Wildman–Crippen LogP) is 2.54. The largest absolute Gasteiger partial charge is 0.339 e. The van der Waals surface area contributed by atoms with E-state index in [0.29, 0.717) is 23.8 Å². The molecule has 0 aromatic carbocycles. The zero-order valence-corrected chi connectivity index (χ0v) is 10.1. The van der Waals surface area contributed by atoms with Crippen molar-refractivity contribution in [3.63, 3.8) is 0 Å². The first-order valence-electron chi connectivity index (χ1n) is 5.72. The van der Waals surface area contributed by atoms with Gasteiger partial charge in [-0.3, -0.25) is 4.79 Å². The molecule has 0 bridgehead atoms. The first-order chi connectivity index (χ1) is 6.45. The van der Waals surface area contributed by atoms with Crippen molar-refractivity contribution in [3.05, 3.63) is 0 Å². The van der Waals surface area contributed by atoms with Gasteiger partial charge in [0.2, 0.25) is 5.91 Å². The average Bonchev–Trinajstić information content (AvgIpc) is 2.46. The highest BCUT2D eigenvalue weighted by molar-refractivity contribution is 5.74. The van der Waals surface area contributed by atoms with E-state index in [4.69, 9.17) is 0 Å². The van der Waals surface area contributed by atoms with Crippen molar-refractivity contribution < 1.29 is 4.79 Å². The maximum atomic E-state index is 11.5. The van der Waals surface area contributed by atoms with Crippen molar-refractivity contribution in [3.8, 4) is 0 Å². The Bertz CT molecular complexity index is 210. The molecule has 0 radical (unpaired) electrons. The minimum Gasteiger partial charge on any atom is -0.339 e. The summed E-state index contributed by atoms with van der Waals surface area (Å²) in [6, 6.07) is 0.465. The van der Waals surface area contributed by atoms with Gasteiger partial charge in [0.1, 0.15) is 0 Å². The van der Waals surface area contributed by atoms with E-state index >= 15 is 0 Å². The number of hydrogen-bond donors (Lipinski definition) is 0. The SMILES string of the molecule is CC(=O)N1CCC(C(C)C)C1C(C)C. The van der Waals surface area contributed by atoms with Crippen LogP contribution in [0.4, 0.5) is 0 Å². The van der Waals surface area contributed by atoms with Crippen molar-refractivity contribution in [2.24, 2.45) is 17.8 Å². The van der Waals surface area contributed by atoms with Crippen molar-refractivity contribution in [1.82, 2.24) is 4.90 Å². The molecule has 1 rings (SSSR count). The maximum absolute atomic E-state index is 11.5. The predicted molar refractivity (Wildman–Crippen MR) is 59.0 cm³/mol. The molecule has 1 fully saturated rings. The van der Waals surface area contributed by atoms with Crippen LogP contribution in [-0.2, 0) is 4.79 Å². The monoisotopic (exact) mass is 197 g/mol. The molecule has 1 aliphatic rings. The third kappa shape index (κ3) is 2.10. The van der Waals surface area contributed by atoms with Gasteiger partial charge in [-0.2, -0.15) is 0 Å². The standard InChI is InChI=1S/C12H23NO/c1-8(2)11-6-7-13(10(5)14)12(11)9(3)4/h8-9,11-12H,6-7H2,1-5H3. The number of hydrogen-bond acceptors (Lipinski definition) is 1. The second-order valence-electron chi connectivity index (χ2n) is 5.14. The van der Waals surface area contributed by atoms with Crippen LogP contribution < -0.4 is 0 Å². The third-order valence-corrected chi connectivity index (χ3v) is 3.45. The third-order valence-electron chi connectivity index (χ3n) is 3.45. The van der Waals surface area contributed by atoms with E-state index in [1.807, 2.05) is 0 Å². The van der Waals surface area contributed by atoms with Crippen LogP contribution in [-0.4, -0.2) is 23.4 Å². The van der Waals surface area contributed by atoms with Gasteiger partial charge < -0.3 is 4.90 Å². The molecule has 1 aliphatic heterocycles. The average molecular weight is 197 g/mol. The summed E-state index contributed by atoms with van der Waals surface area (Å²) in [5.41, 5.74) is 0. The van der Waals surface area contributed by atoms with Crippen LogP contribution in [0.1, 0.15) is 41.0 Å². The Morgan fingerprint density at radius 1 is 1.21 bits per heavy atom. The second kappa shape index (κ2) is 4.33. The van der Waals surface area contributed by atoms with Crippen molar-refractivity contribution in [1.29, 1.82) is 0 Å². The van der Waals surface area contributed by atoms with Crippen LogP contribution in [0.5, 0.6) is 0 Å². The van der Waals surface area contributed by atoms with Gasteiger partial charge in [-0.15, -0.1) is 0 Å². The van der Waals surface area contributed by atoms with Crippen molar-refractivity contribution in [2.75, 3.05) is 6.54 Å². The molecule has 0 N–H and O–H groups in total. The zero-order valence-electron chi connectivity index (χ0n) is 10.1. The molecule has 0 spiro atoms. The quantitative estimate of drug-likeness (QED) is 0.666. The van der Waals surface area contributed by atoms with Crippen LogP contribution in [0.2, 0.25) is 0 Å². The Balaban J connectivity index is 2.79. The highest BCUT2D eigenvalue weighted by Gasteiger charge is 2.38. The Kier molecular flexibility index (Phi) is 3.57. The smallest absolute Gasteiger partial charge is 0.219 e. The van der Waals surface area contributed by atoms with E-state index in [-0.39, 0.29) is 5.91 Å². The molecule has 2 nitrogen and oxygen atoms in total. The van der Waals surface area contributed by atoms with E-state index in [0.717, 1.165) is 6.54 Å². The second-order valence-corrected chi connectivity index (χ2v) is 5.14. The Morgan fingerprint density at radius 3 is 2.14 bits per heavy atom. The maximum Gasteiger partial charge on any atom is 0.219 e. The molecule has 2 heteroatoms. The van der Waals surface area contributed by atoms with Gasteiger partial charge in [0.15, 0.2) is 0 Å². The number of amides is 1.